The predicted molar refractivity (Wildman–Crippen MR) is 82.4 cm³/mol. The Balaban J connectivity index is 1.53. The van der Waals surface area contributed by atoms with Crippen molar-refractivity contribution in [3.63, 3.8) is 0 Å². The van der Waals surface area contributed by atoms with E-state index in [0.29, 0.717) is 16.2 Å². The van der Waals surface area contributed by atoms with Crippen LogP contribution >= 0.6 is 11.3 Å². The maximum Gasteiger partial charge on any atom is 0.282 e. The Labute approximate surface area is 134 Å². The Morgan fingerprint density at radius 1 is 1.26 bits per heavy atom. The van der Waals surface area contributed by atoms with Crippen LogP contribution in [0.25, 0.3) is 0 Å². The highest BCUT2D eigenvalue weighted by Gasteiger charge is 2.29. The van der Waals surface area contributed by atoms with E-state index in [4.69, 9.17) is 4.84 Å². The van der Waals surface area contributed by atoms with Gasteiger partial charge in [-0.1, -0.05) is 23.4 Å². The molecule has 0 radical (unpaired) electrons. The van der Waals surface area contributed by atoms with Gasteiger partial charge in [-0.3, -0.25) is 20.4 Å². The van der Waals surface area contributed by atoms with Crippen LogP contribution in [0.1, 0.15) is 21.7 Å². The van der Waals surface area contributed by atoms with Crippen molar-refractivity contribution in [3.05, 3.63) is 58.0 Å². The van der Waals surface area contributed by atoms with Crippen molar-refractivity contribution in [2.24, 2.45) is 5.16 Å². The van der Waals surface area contributed by atoms with Crippen molar-refractivity contribution < 1.29 is 18.8 Å². The summed E-state index contributed by atoms with van der Waals surface area (Å²) in [5.74, 6) is -1.32. The number of rotatable bonds is 3. The highest BCUT2D eigenvalue weighted by molar-refractivity contribution is 7.12. The van der Waals surface area contributed by atoms with Gasteiger partial charge in [0.25, 0.3) is 11.8 Å². The standard InChI is InChI=1S/C15H12FN3O3S/c16-10-4-1-3-9(7-10)11-8-12(22-19-11)14(20)17-18-15(21)13-5-2-6-23-13/h1-7,12H,8H2,(H,17,20)(H,18,21)/t12-/m1/s1. The summed E-state index contributed by atoms with van der Waals surface area (Å²) in [4.78, 5) is 29.2. The van der Waals surface area contributed by atoms with Crippen LogP contribution in [0, 0.1) is 5.82 Å². The van der Waals surface area contributed by atoms with Crippen LogP contribution in [-0.4, -0.2) is 23.6 Å². The van der Waals surface area contributed by atoms with Crippen LogP contribution < -0.4 is 10.9 Å². The quantitative estimate of drug-likeness (QED) is 0.841. The highest BCUT2D eigenvalue weighted by Crippen LogP contribution is 2.17. The summed E-state index contributed by atoms with van der Waals surface area (Å²) in [7, 11) is 0. The molecule has 0 unspecified atom stereocenters. The third kappa shape index (κ3) is 3.54. The molecule has 23 heavy (non-hydrogen) atoms. The summed E-state index contributed by atoms with van der Waals surface area (Å²) in [6, 6.07) is 9.27. The second kappa shape index (κ2) is 6.57. The number of nitrogens with one attached hydrogen (secondary N) is 2. The minimum absolute atomic E-state index is 0.199. The van der Waals surface area contributed by atoms with Gasteiger partial charge in [-0.05, 0) is 23.6 Å². The molecule has 1 aliphatic heterocycles. The van der Waals surface area contributed by atoms with Gasteiger partial charge in [0.05, 0.1) is 10.6 Å². The van der Waals surface area contributed by atoms with Crippen molar-refractivity contribution in [1.82, 2.24) is 10.9 Å². The lowest BCUT2D eigenvalue weighted by atomic mass is 10.0. The predicted octanol–water partition coefficient (Wildman–Crippen LogP) is 1.84. The van der Waals surface area contributed by atoms with Crippen LogP contribution in [0.4, 0.5) is 4.39 Å². The van der Waals surface area contributed by atoms with E-state index < -0.39 is 17.9 Å². The molecule has 2 aromatic rings. The van der Waals surface area contributed by atoms with Crippen molar-refractivity contribution in [2.75, 3.05) is 0 Å². The number of halogens is 1. The number of benzene rings is 1. The third-order valence-electron chi connectivity index (χ3n) is 3.16. The SMILES string of the molecule is O=C(NNC(=O)[C@H]1CC(c2cccc(F)c2)=NO1)c1cccs1. The number of thiophene rings is 1. The fourth-order valence-electron chi connectivity index (χ4n) is 2.02. The van der Waals surface area contributed by atoms with E-state index in [1.54, 1.807) is 29.6 Å². The van der Waals surface area contributed by atoms with Crippen molar-refractivity contribution in [1.29, 1.82) is 0 Å². The molecule has 0 fully saturated rings. The summed E-state index contributed by atoms with van der Waals surface area (Å²) in [6.45, 7) is 0. The lowest BCUT2D eigenvalue weighted by molar-refractivity contribution is -0.131. The first kappa shape index (κ1) is 15.2. The van der Waals surface area contributed by atoms with Gasteiger partial charge < -0.3 is 4.84 Å². The molecular formula is C15H12FN3O3S. The van der Waals surface area contributed by atoms with Crippen molar-refractivity contribution >= 4 is 28.9 Å². The number of oxime groups is 1. The maximum absolute atomic E-state index is 13.2. The van der Waals surface area contributed by atoms with Gasteiger partial charge >= 0.3 is 0 Å². The minimum atomic E-state index is -0.864. The number of hydrazine groups is 1. The first-order valence-corrected chi connectivity index (χ1v) is 7.64. The molecule has 6 nitrogen and oxygen atoms in total. The zero-order valence-electron chi connectivity index (χ0n) is 11.8. The summed E-state index contributed by atoms with van der Waals surface area (Å²) >= 11 is 1.26. The van der Waals surface area contributed by atoms with Gasteiger partial charge in [-0.25, -0.2) is 4.39 Å². The van der Waals surface area contributed by atoms with Crippen molar-refractivity contribution in [2.45, 2.75) is 12.5 Å². The number of carbonyl (C=O) groups is 2. The average molecular weight is 333 g/mol. The van der Waals surface area contributed by atoms with Gasteiger partial charge in [0, 0.05) is 12.0 Å². The van der Waals surface area contributed by atoms with E-state index in [9.17, 15) is 14.0 Å². The summed E-state index contributed by atoms with van der Waals surface area (Å²) in [5, 5.41) is 5.56. The molecule has 1 aromatic carbocycles. The zero-order chi connectivity index (χ0) is 16.2. The second-order valence-corrected chi connectivity index (χ2v) is 5.71. The highest BCUT2D eigenvalue weighted by atomic mass is 32.1. The molecule has 2 heterocycles. The first-order valence-electron chi connectivity index (χ1n) is 6.76. The molecule has 1 aromatic heterocycles. The Hall–Kier alpha value is -2.74. The van der Waals surface area contributed by atoms with Crippen LogP contribution in [-0.2, 0) is 9.63 Å². The Morgan fingerprint density at radius 2 is 2.13 bits per heavy atom. The number of nitrogens with zero attached hydrogens (tertiary/aromatic N) is 1. The van der Waals surface area contributed by atoms with E-state index in [2.05, 4.69) is 16.0 Å². The molecule has 1 atom stereocenters. The normalized spacial score (nSPS) is 16.4. The lowest BCUT2D eigenvalue weighted by Gasteiger charge is -2.09. The van der Waals surface area contributed by atoms with Gasteiger partial charge in [0.1, 0.15) is 5.82 Å². The van der Waals surface area contributed by atoms with Crippen LogP contribution in [0.15, 0.2) is 46.9 Å². The molecule has 118 valence electrons. The molecule has 0 saturated carbocycles. The molecule has 0 saturated heterocycles. The van der Waals surface area contributed by atoms with Crippen LogP contribution in [0.3, 0.4) is 0 Å². The maximum atomic E-state index is 13.2. The minimum Gasteiger partial charge on any atom is -0.382 e. The fraction of sp³-hybridized carbons (Fsp3) is 0.133. The monoisotopic (exact) mass is 333 g/mol. The zero-order valence-corrected chi connectivity index (χ0v) is 12.6. The molecule has 0 spiro atoms. The Kier molecular flexibility index (Phi) is 4.33. The molecule has 2 N–H and O–H groups in total. The van der Waals surface area contributed by atoms with E-state index in [-0.39, 0.29) is 12.2 Å². The number of carbonyl (C=O) groups excluding carboxylic acids is 2. The molecule has 2 amide bonds. The van der Waals surface area contributed by atoms with Crippen molar-refractivity contribution in [3.8, 4) is 0 Å². The largest absolute Gasteiger partial charge is 0.382 e. The average Bonchev–Trinajstić information content (AvgIpc) is 3.23. The van der Waals surface area contributed by atoms with E-state index in [1.807, 2.05) is 0 Å². The molecule has 1 aliphatic rings. The Bertz CT molecular complexity index is 761. The molecular weight excluding hydrogens is 321 g/mol. The van der Waals surface area contributed by atoms with Crippen LogP contribution in [0.5, 0.6) is 0 Å². The summed E-state index contributed by atoms with van der Waals surface area (Å²) in [5.41, 5.74) is 5.64. The summed E-state index contributed by atoms with van der Waals surface area (Å²) < 4.78 is 13.2. The Morgan fingerprint density at radius 3 is 2.87 bits per heavy atom. The van der Waals surface area contributed by atoms with Crippen LogP contribution in [0.2, 0.25) is 0 Å². The molecule has 3 rings (SSSR count). The lowest BCUT2D eigenvalue weighted by Crippen LogP contribution is -2.46. The second-order valence-electron chi connectivity index (χ2n) is 4.77. The number of amides is 2. The third-order valence-corrected chi connectivity index (χ3v) is 4.03. The van der Waals surface area contributed by atoms with Gasteiger partial charge in [-0.15, -0.1) is 11.3 Å². The summed E-state index contributed by atoms with van der Waals surface area (Å²) in [6.07, 6.45) is -0.665. The fourth-order valence-corrected chi connectivity index (χ4v) is 2.64. The van der Waals surface area contributed by atoms with Gasteiger partial charge in [0.2, 0.25) is 6.10 Å². The van der Waals surface area contributed by atoms with E-state index in [0.717, 1.165) is 0 Å². The smallest absolute Gasteiger partial charge is 0.282 e. The molecule has 8 heteroatoms. The number of hydrogen-bond acceptors (Lipinski definition) is 5. The van der Waals surface area contributed by atoms with E-state index in [1.165, 1.54) is 23.5 Å². The van der Waals surface area contributed by atoms with Gasteiger partial charge in [0.15, 0.2) is 0 Å². The molecule has 0 aliphatic carbocycles. The van der Waals surface area contributed by atoms with E-state index >= 15 is 0 Å². The van der Waals surface area contributed by atoms with Gasteiger partial charge in [-0.2, -0.15) is 0 Å². The number of hydrogen-bond donors (Lipinski definition) is 2. The topological polar surface area (TPSA) is 79.8 Å². The molecule has 0 bridgehead atoms. The first-order chi connectivity index (χ1) is 11.1.